The molecule has 0 bridgehead atoms. The number of fused-ring (bicyclic) bond motifs is 1. The van der Waals surface area contributed by atoms with Crippen molar-refractivity contribution in [3.8, 4) is 5.75 Å². The van der Waals surface area contributed by atoms with E-state index in [0.717, 1.165) is 22.3 Å². The van der Waals surface area contributed by atoms with Gasteiger partial charge >= 0.3 is 0 Å². The maximum atomic E-state index is 13.3. The number of benzene rings is 2. The molecule has 3 rings (SSSR count). The second kappa shape index (κ2) is 5.22. The Hall–Kier alpha value is -2.33. The molecular formula is C17H16FNO2. The number of furan rings is 1. The lowest BCUT2D eigenvalue weighted by Gasteiger charge is -2.11. The number of hydrogen-bond donors (Lipinski definition) is 1. The highest BCUT2D eigenvalue weighted by Gasteiger charge is 2.19. The lowest BCUT2D eigenvalue weighted by Crippen LogP contribution is -2.11. The molecule has 108 valence electrons. The fourth-order valence-electron chi connectivity index (χ4n) is 2.48. The van der Waals surface area contributed by atoms with E-state index in [9.17, 15) is 4.39 Å². The van der Waals surface area contributed by atoms with Gasteiger partial charge in [0, 0.05) is 17.0 Å². The molecular weight excluding hydrogens is 269 g/mol. The molecule has 21 heavy (non-hydrogen) atoms. The fraction of sp³-hybridized carbons (Fsp3) is 0.176. The molecule has 0 saturated carbocycles. The van der Waals surface area contributed by atoms with E-state index in [1.54, 1.807) is 13.2 Å². The van der Waals surface area contributed by atoms with Crippen LogP contribution < -0.4 is 10.5 Å². The zero-order chi connectivity index (χ0) is 15.0. The van der Waals surface area contributed by atoms with E-state index in [4.69, 9.17) is 14.9 Å². The summed E-state index contributed by atoms with van der Waals surface area (Å²) >= 11 is 0. The normalized spacial score (nSPS) is 12.6. The predicted octanol–water partition coefficient (Wildman–Crippen LogP) is 3.94. The van der Waals surface area contributed by atoms with Gasteiger partial charge in [0.05, 0.1) is 13.2 Å². The molecule has 0 amide bonds. The lowest BCUT2D eigenvalue weighted by molar-refractivity contribution is 0.414. The average Bonchev–Trinajstić information content (AvgIpc) is 2.83. The first kappa shape index (κ1) is 13.6. The Morgan fingerprint density at radius 2 is 1.86 bits per heavy atom. The third-order valence-electron chi connectivity index (χ3n) is 3.69. The Morgan fingerprint density at radius 1 is 1.14 bits per heavy atom. The summed E-state index contributed by atoms with van der Waals surface area (Å²) < 4.78 is 24.2. The van der Waals surface area contributed by atoms with Gasteiger partial charge in [-0.25, -0.2) is 4.39 Å². The van der Waals surface area contributed by atoms with Crippen molar-refractivity contribution in [3.05, 3.63) is 65.2 Å². The third-order valence-corrected chi connectivity index (χ3v) is 3.69. The first-order chi connectivity index (χ1) is 10.1. The smallest absolute Gasteiger partial charge is 0.137 e. The van der Waals surface area contributed by atoms with Crippen molar-refractivity contribution >= 4 is 11.0 Å². The van der Waals surface area contributed by atoms with Gasteiger partial charge in [0.15, 0.2) is 0 Å². The van der Waals surface area contributed by atoms with Gasteiger partial charge in [-0.15, -0.1) is 0 Å². The molecule has 1 heterocycles. The van der Waals surface area contributed by atoms with E-state index in [2.05, 4.69) is 0 Å². The standard InChI is InChI=1S/C17H16FNO2/c1-10-14-8-5-12(18)9-15(14)21-17(10)16(19)11-3-6-13(20-2)7-4-11/h3-9,16H,19H2,1-2H3. The quantitative estimate of drug-likeness (QED) is 0.793. The first-order valence-electron chi connectivity index (χ1n) is 6.68. The summed E-state index contributed by atoms with van der Waals surface area (Å²) in [6, 6.07) is 11.6. The molecule has 2 N–H and O–H groups in total. The molecule has 1 unspecified atom stereocenters. The van der Waals surface area contributed by atoms with Gasteiger partial charge in [0.2, 0.25) is 0 Å². The van der Waals surface area contributed by atoms with Gasteiger partial charge in [-0.1, -0.05) is 12.1 Å². The average molecular weight is 285 g/mol. The maximum Gasteiger partial charge on any atom is 0.137 e. The van der Waals surface area contributed by atoms with Crippen molar-refractivity contribution in [2.24, 2.45) is 5.73 Å². The second-order valence-corrected chi connectivity index (χ2v) is 4.98. The summed E-state index contributed by atoms with van der Waals surface area (Å²) in [5.41, 5.74) is 8.66. The number of methoxy groups -OCH3 is 1. The van der Waals surface area contributed by atoms with Gasteiger partial charge in [-0.2, -0.15) is 0 Å². The van der Waals surface area contributed by atoms with Gasteiger partial charge < -0.3 is 14.9 Å². The number of aryl methyl sites for hydroxylation is 1. The highest BCUT2D eigenvalue weighted by molar-refractivity contribution is 5.82. The number of rotatable bonds is 3. The summed E-state index contributed by atoms with van der Waals surface area (Å²) in [6.07, 6.45) is 0. The summed E-state index contributed by atoms with van der Waals surface area (Å²) in [6.45, 7) is 1.93. The number of hydrogen-bond acceptors (Lipinski definition) is 3. The van der Waals surface area contributed by atoms with Crippen LogP contribution in [0, 0.1) is 12.7 Å². The molecule has 1 aromatic heterocycles. The highest BCUT2D eigenvalue weighted by Crippen LogP contribution is 2.32. The minimum atomic E-state index is -0.397. The number of ether oxygens (including phenoxy) is 1. The van der Waals surface area contributed by atoms with Crippen molar-refractivity contribution in [2.45, 2.75) is 13.0 Å². The zero-order valence-electron chi connectivity index (χ0n) is 11.9. The minimum absolute atomic E-state index is 0.319. The predicted molar refractivity (Wildman–Crippen MR) is 79.9 cm³/mol. The molecule has 0 aliphatic heterocycles. The van der Waals surface area contributed by atoms with E-state index < -0.39 is 6.04 Å². The van der Waals surface area contributed by atoms with Gasteiger partial charge in [-0.3, -0.25) is 0 Å². The molecule has 4 heteroatoms. The van der Waals surface area contributed by atoms with Crippen LogP contribution in [-0.4, -0.2) is 7.11 Å². The maximum absolute atomic E-state index is 13.3. The highest BCUT2D eigenvalue weighted by atomic mass is 19.1. The van der Waals surface area contributed by atoms with E-state index in [0.29, 0.717) is 11.3 Å². The lowest BCUT2D eigenvalue weighted by atomic mass is 10.0. The Morgan fingerprint density at radius 3 is 2.52 bits per heavy atom. The van der Waals surface area contributed by atoms with Crippen LogP contribution in [-0.2, 0) is 0 Å². The molecule has 1 atom stereocenters. The molecule has 0 aliphatic rings. The zero-order valence-corrected chi connectivity index (χ0v) is 11.9. The minimum Gasteiger partial charge on any atom is -0.497 e. The Kier molecular flexibility index (Phi) is 3.39. The number of nitrogens with two attached hydrogens (primary N) is 1. The van der Waals surface area contributed by atoms with E-state index in [-0.39, 0.29) is 5.82 Å². The molecule has 3 nitrogen and oxygen atoms in total. The molecule has 2 aromatic carbocycles. The summed E-state index contributed by atoms with van der Waals surface area (Å²) in [4.78, 5) is 0. The van der Waals surface area contributed by atoms with Crippen LogP contribution in [0.1, 0.15) is 22.9 Å². The fourth-order valence-corrected chi connectivity index (χ4v) is 2.48. The van der Waals surface area contributed by atoms with Crippen molar-refractivity contribution in [3.63, 3.8) is 0 Å². The van der Waals surface area contributed by atoms with Gasteiger partial charge in [0.25, 0.3) is 0 Å². The van der Waals surface area contributed by atoms with Crippen molar-refractivity contribution in [1.82, 2.24) is 0 Å². The largest absolute Gasteiger partial charge is 0.497 e. The molecule has 0 radical (unpaired) electrons. The van der Waals surface area contributed by atoms with Gasteiger partial charge in [0.1, 0.15) is 22.9 Å². The summed E-state index contributed by atoms with van der Waals surface area (Å²) in [7, 11) is 1.62. The molecule has 0 aliphatic carbocycles. The van der Waals surface area contributed by atoms with E-state index in [1.807, 2.05) is 31.2 Å². The first-order valence-corrected chi connectivity index (χ1v) is 6.68. The van der Waals surface area contributed by atoms with Gasteiger partial charge in [-0.05, 0) is 36.8 Å². The molecule has 3 aromatic rings. The molecule has 0 fully saturated rings. The van der Waals surface area contributed by atoms with Crippen LogP contribution in [0.5, 0.6) is 5.75 Å². The van der Waals surface area contributed by atoms with Crippen molar-refractivity contribution < 1.29 is 13.5 Å². The van der Waals surface area contributed by atoms with Crippen molar-refractivity contribution in [1.29, 1.82) is 0 Å². The molecule has 0 saturated heterocycles. The van der Waals surface area contributed by atoms with Crippen LogP contribution in [0.25, 0.3) is 11.0 Å². The topological polar surface area (TPSA) is 48.4 Å². The number of halogens is 1. The van der Waals surface area contributed by atoms with E-state index >= 15 is 0 Å². The van der Waals surface area contributed by atoms with Crippen LogP contribution >= 0.6 is 0 Å². The van der Waals surface area contributed by atoms with Crippen molar-refractivity contribution in [2.75, 3.05) is 7.11 Å². The summed E-state index contributed by atoms with van der Waals surface area (Å²) in [5.74, 6) is 1.11. The van der Waals surface area contributed by atoms with Crippen LogP contribution in [0.15, 0.2) is 46.9 Å². The van der Waals surface area contributed by atoms with Crippen LogP contribution in [0.3, 0.4) is 0 Å². The Bertz CT molecular complexity index is 777. The monoisotopic (exact) mass is 285 g/mol. The third kappa shape index (κ3) is 2.38. The van der Waals surface area contributed by atoms with E-state index in [1.165, 1.54) is 12.1 Å². The molecule has 0 spiro atoms. The van der Waals surface area contributed by atoms with Crippen LogP contribution in [0.4, 0.5) is 4.39 Å². The van der Waals surface area contributed by atoms with Crippen LogP contribution in [0.2, 0.25) is 0 Å². The SMILES string of the molecule is COc1ccc(C(N)c2oc3cc(F)ccc3c2C)cc1. The Labute approximate surface area is 122 Å². The summed E-state index contributed by atoms with van der Waals surface area (Å²) in [5, 5.41) is 0.885. The Balaban J connectivity index is 2.04. The second-order valence-electron chi connectivity index (χ2n) is 4.98.